The molecule has 1 aromatic carbocycles. The van der Waals surface area contributed by atoms with Crippen LogP contribution in [0.1, 0.15) is 18.9 Å². The van der Waals surface area contributed by atoms with Gasteiger partial charge in [0.25, 0.3) is 0 Å². The SMILES string of the molecule is CC(O)(CC(F)(F)C(F)(F)C(F)(F)C(F)(F)C(F)(F)C(F)(F)C(F)(F)C(F)(F)F)c1cccc(F)c1. The van der Waals surface area contributed by atoms with E-state index in [-0.39, 0.29) is 13.0 Å². The Morgan fingerprint density at radius 3 is 1.31 bits per heavy atom. The summed E-state index contributed by atoms with van der Waals surface area (Å²) in [6.45, 7) is 0.0920. The Morgan fingerprint density at radius 2 is 0.944 bits per heavy atom. The molecule has 1 aromatic rings. The van der Waals surface area contributed by atoms with Gasteiger partial charge in [0.05, 0.1) is 12.0 Å². The van der Waals surface area contributed by atoms with Crippen LogP contribution in [-0.2, 0) is 5.60 Å². The minimum atomic E-state index is -8.73. The van der Waals surface area contributed by atoms with Crippen LogP contribution in [0.25, 0.3) is 0 Å². The van der Waals surface area contributed by atoms with Crippen LogP contribution in [0.5, 0.6) is 0 Å². The van der Waals surface area contributed by atoms with Gasteiger partial charge < -0.3 is 5.11 Å². The summed E-state index contributed by atoms with van der Waals surface area (Å²) in [7, 11) is 0. The van der Waals surface area contributed by atoms with Gasteiger partial charge in [0.1, 0.15) is 5.82 Å². The van der Waals surface area contributed by atoms with Gasteiger partial charge in [-0.05, 0) is 24.6 Å². The molecule has 1 unspecified atom stereocenters. The molecule has 0 aliphatic rings. The van der Waals surface area contributed by atoms with Gasteiger partial charge in [-0.2, -0.15) is 74.6 Å². The maximum Gasteiger partial charge on any atom is 0.460 e. The standard InChI is InChI=1S/C17H10F18O/c1-9(36,7-3-2-4-8(18)5-7)6-10(19,20)11(21,22)12(23,24)13(25,26)14(27,28)15(29,30)16(31,32)17(33,34)35/h2-5,36H,6H2,1H3. The molecule has 0 spiro atoms. The van der Waals surface area contributed by atoms with Gasteiger partial charge in [-0.25, -0.2) is 4.39 Å². The van der Waals surface area contributed by atoms with E-state index in [0.29, 0.717) is 18.2 Å². The average Bonchev–Trinajstić information content (AvgIpc) is 2.65. The number of halogens is 18. The molecule has 0 bridgehead atoms. The van der Waals surface area contributed by atoms with Crippen molar-refractivity contribution in [2.75, 3.05) is 0 Å². The van der Waals surface area contributed by atoms with Gasteiger partial charge in [0.2, 0.25) is 0 Å². The zero-order chi connectivity index (χ0) is 29.2. The first-order valence-corrected chi connectivity index (χ1v) is 8.65. The first kappa shape index (κ1) is 31.9. The highest BCUT2D eigenvalue weighted by atomic mass is 19.4. The largest absolute Gasteiger partial charge is 0.460 e. The van der Waals surface area contributed by atoms with Crippen molar-refractivity contribution in [2.24, 2.45) is 0 Å². The summed E-state index contributed by atoms with van der Waals surface area (Å²) in [5.41, 5.74) is -4.65. The molecule has 1 nitrogen and oxygen atoms in total. The fourth-order valence-corrected chi connectivity index (χ4v) is 2.67. The van der Waals surface area contributed by atoms with Crippen LogP contribution in [0.2, 0.25) is 0 Å². The van der Waals surface area contributed by atoms with Crippen molar-refractivity contribution in [2.45, 2.75) is 66.6 Å². The maximum absolute atomic E-state index is 14.0. The van der Waals surface area contributed by atoms with Crippen molar-refractivity contribution < 1.29 is 84.1 Å². The second-order valence-electron chi connectivity index (χ2n) is 7.61. The van der Waals surface area contributed by atoms with E-state index in [1.165, 1.54) is 0 Å². The maximum atomic E-state index is 14.0. The number of benzene rings is 1. The summed E-state index contributed by atoms with van der Waals surface area (Å²) in [5.74, 6) is -58.8. The Hall–Kier alpha value is -2.08. The second-order valence-corrected chi connectivity index (χ2v) is 7.61. The Bertz CT molecular complexity index is 945. The van der Waals surface area contributed by atoms with E-state index >= 15 is 0 Å². The van der Waals surface area contributed by atoms with Gasteiger partial charge in [0, 0.05) is 0 Å². The predicted octanol–water partition coefficient (Wildman–Crippen LogP) is 7.43. The summed E-state index contributed by atoms with van der Waals surface area (Å²) in [6, 6.07) is 1.88. The number of hydrogen-bond acceptors (Lipinski definition) is 1. The molecule has 1 rings (SSSR count). The summed E-state index contributed by atoms with van der Waals surface area (Å²) in [5, 5.41) is 9.86. The van der Waals surface area contributed by atoms with Crippen molar-refractivity contribution in [1.82, 2.24) is 0 Å². The number of hydrogen-bond donors (Lipinski definition) is 1. The quantitative estimate of drug-likeness (QED) is 0.306. The Morgan fingerprint density at radius 1 is 0.583 bits per heavy atom. The molecular weight excluding hydrogens is 562 g/mol. The lowest BCUT2D eigenvalue weighted by molar-refractivity contribution is -0.462. The molecule has 0 saturated heterocycles. The van der Waals surface area contributed by atoms with Crippen molar-refractivity contribution in [1.29, 1.82) is 0 Å². The number of rotatable bonds is 9. The normalized spacial score (nSPS) is 17.2. The molecule has 0 heterocycles. The van der Waals surface area contributed by atoms with E-state index in [4.69, 9.17) is 0 Å². The van der Waals surface area contributed by atoms with E-state index in [9.17, 15) is 84.1 Å². The Labute approximate surface area is 187 Å². The van der Waals surface area contributed by atoms with Crippen molar-refractivity contribution in [3.05, 3.63) is 35.6 Å². The average molecular weight is 572 g/mol. The molecule has 19 heteroatoms. The summed E-state index contributed by atoms with van der Waals surface area (Å²) >= 11 is 0. The molecule has 0 radical (unpaired) electrons. The van der Waals surface area contributed by atoms with Crippen LogP contribution in [-0.4, -0.2) is 52.7 Å². The molecule has 36 heavy (non-hydrogen) atoms. The van der Waals surface area contributed by atoms with Crippen LogP contribution in [0.3, 0.4) is 0 Å². The molecule has 1 N–H and O–H groups in total. The van der Waals surface area contributed by atoms with Crippen molar-refractivity contribution >= 4 is 0 Å². The lowest BCUT2D eigenvalue weighted by Crippen LogP contribution is -2.74. The topological polar surface area (TPSA) is 20.2 Å². The van der Waals surface area contributed by atoms with Gasteiger partial charge in [0.15, 0.2) is 0 Å². The predicted molar refractivity (Wildman–Crippen MR) is 81.3 cm³/mol. The van der Waals surface area contributed by atoms with E-state index in [0.717, 1.165) is 0 Å². The minimum Gasteiger partial charge on any atom is -0.385 e. The third-order valence-electron chi connectivity index (χ3n) is 4.80. The van der Waals surface area contributed by atoms with Crippen molar-refractivity contribution in [3.8, 4) is 0 Å². The molecule has 210 valence electrons. The Kier molecular flexibility index (Phi) is 7.52. The summed E-state index contributed by atoms with van der Waals surface area (Å²) in [4.78, 5) is 0. The smallest absolute Gasteiger partial charge is 0.385 e. The monoisotopic (exact) mass is 572 g/mol. The molecule has 1 atom stereocenters. The molecule has 0 saturated carbocycles. The molecule has 0 aliphatic carbocycles. The van der Waals surface area contributed by atoms with Crippen molar-refractivity contribution in [3.63, 3.8) is 0 Å². The number of alkyl halides is 17. The van der Waals surface area contributed by atoms with Gasteiger partial charge in [-0.1, -0.05) is 12.1 Å². The van der Waals surface area contributed by atoms with Crippen LogP contribution >= 0.6 is 0 Å². The minimum absolute atomic E-state index is 0.0920. The highest BCUT2D eigenvalue weighted by Gasteiger charge is 2.95. The summed E-state index contributed by atoms with van der Waals surface area (Å²) < 4.78 is 239. The molecule has 0 aliphatic heterocycles. The molecule has 0 aromatic heterocycles. The van der Waals surface area contributed by atoms with Crippen LogP contribution in [0.15, 0.2) is 24.3 Å². The van der Waals surface area contributed by atoms with Gasteiger partial charge in [-0.3, -0.25) is 0 Å². The van der Waals surface area contributed by atoms with Crippen LogP contribution in [0, 0.1) is 5.82 Å². The first-order chi connectivity index (χ1) is 15.5. The molecule has 0 fully saturated rings. The number of aliphatic hydroxyl groups is 1. The fraction of sp³-hybridized carbons (Fsp3) is 0.647. The third kappa shape index (κ3) is 4.44. The first-order valence-electron chi connectivity index (χ1n) is 8.65. The van der Waals surface area contributed by atoms with E-state index in [2.05, 4.69) is 0 Å². The van der Waals surface area contributed by atoms with E-state index < -0.39 is 71.0 Å². The van der Waals surface area contributed by atoms with Crippen LogP contribution in [0.4, 0.5) is 79.0 Å². The fourth-order valence-electron chi connectivity index (χ4n) is 2.67. The third-order valence-corrected chi connectivity index (χ3v) is 4.80. The highest BCUT2D eigenvalue weighted by Crippen LogP contribution is 2.64. The van der Waals surface area contributed by atoms with Gasteiger partial charge >= 0.3 is 47.6 Å². The molecule has 0 amide bonds. The Balaban J connectivity index is 3.62. The zero-order valence-corrected chi connectivity index (χ0v) is 16.8. The zero-order valence-electron chi connectivity index (χ0n) is 16.8. The van der Waals surface area contributed by atoms with Crippen LogP contribution < -0.4 is 0 Å². The lowest BCUT2D eigenvalue weighted by atomic mass is 9.83. The summed E-state index contributed by atoms with van der Waals surface area (Å²) in [6.07, 6.45) is -11.0. The van der Waals surface area contributed by atoms with Gasteiger partial charge in [-0.15, -0.1) is 0 Å². The van der Waals surface area contributed by atoms with E-state index in [1.807, 2.05) is 0 Å². The van der Waals surface area contributed by atoms with E-state index in [1.54, 1.807) is 0 Å². The second kappa shape index (κ2) is 8.47. The molecular formula is C17H10F18O. The lowest BCUT2D eigenvalue weighted by Gasteiger charge is -2.43. The highest BCUT2D eigenvalue weighted by molar-refractivity contribution is 5.24.